The molecule has 0 aromatic heterocycles. The third-order valence-electron chi connectivity index (χ3n) is 3.66. The molecule has 2 rings (SSSR count). The van der Waals surface area contributed by atoms with Crippen molar-refractivity contribution in [3.8, 4) is 0 Å². The number of rotatable bonds is 6. The molecule has 27 heavy (non-hydrogen) atoms. The van der Waals surface area contributed by atoms with E-state index in [9.17, 15) is 19.5 Å². The van der Waals surface area contributed by atoms with Gasteiger partial charge in [-0.1, -0.05) is 0 Å². The second-order valence-corrected chi connectivity index (χ2v) is 8.37. The number of aliphatic hydroxyl groups is 1. The summed E-state index contributed by atoms with van der Waals surface area (Å²) in [5.41, 5.74) is 0. The van der Waals surface area contributed by atoms with Crippen LogP contribution in [0.25, 0.3) is 0 Å². The summed E-state index contributed by atoms with van der Waals surface area (Å²) in [4.78, 5) is 34.2. The van der Waals surface area contributed by atoms with E-state index >= 15 is 0 Å². The minimum absolute atomic E-state index is 0.195. The Hall–Kier alpha value is -1.93. The molecule has 1 aliphatic heterocycles. The van der Waals surface area contributed by atoms with Gasteiger partial charge in [0.05, 0.1) is 0 Å². The quantitative estimate of drug-likeness (QED) is 0.356. The molecule has 0 aliphatic carbocycles. The fourth-order valence-electron chi connectivity index (χ4n) is 2.62. The topological polar surface area (TPSA) is 108 Å². The van der Waals surface area contributed by atoms with Crippen molar-refractivity contribution in [2.75, 3.05) is 6.61 Å². The van der Waals surface area contributed by atoms with Gasteiger partial charge < -0.3 is 0 Å². The Labute approximate surface area is 163 Å². The zero-order valence-corrected chi connectivity index (χ0v) is 16.9. The van der Waals surface area contributed by atoms with E-state index in [0.29, 0.717) is 0 Å². The zero-order valence-electron chi connectivity index (χ0n) is 15.2. The molecule has 0 spiro atoms. The molecular weight excluding hydrogens is 423 g/mol. The summed E-state index contributed by atoms with van der Waals surface area (Å²) in [5.74, 6) is -1.79. The van der Waals surface area contributed by atoms with Crippen molar-refractivity contribution in [3.05, 3.63) is 30.3 Å². The molecule has 9 heteroatoms. The molecular formula is C18H22O8Se. The first kappa shape index (κ1) is 21.4. The molecule has 148 valence electrons. The van der Waals surface area contributed by atoms with Gasteiger partial charge in [-0.2, -0.15) is 0 Å². The molecule has 1 saturated heterocycles. The van der Waals surface area contributed by atoms with Crippen molar-refractivity contribution in [2.24, 2.45) is 0 Å². The van der Waals surface area contributed by atoms with E-state index < -0.39 is 47.3 Å². The minimum atomic E-state index is -1.20. The molecule has 0 saturated carbocycles. The monoisotopic (exact) mass is 446 g/mol. The summed E-state index contributed by atoms with van der Waals surface area (Å²) in [6.45, 7) is 3.44. The summed E-state index contributed by atoms with van der Waals surface area (Å²) in [6.07, 6.45) is -4.30. The Kier molecular flexibility index (Phi) is 7.79. The fourth-order valence-corrected chi connectivity index (χ4v) is 4.87. The number of aliphatic hydroxyl groups excluding tert-OH is 1. The van der Waals surface area contributed by atoms with Crippen molar-refractivity contribution >= 4 is 37.3 Å². The third kappa shape index (κ3) is 6.32. The molecule has 0 radical (unpaired) electrons. The van der Waals surface area contributed by atoms with Crippen LogP contribution < -0.4 is 4.46 Å². The Morgan fingerprint density at radius 1 is 1.00 bits per heavy atom. The van der Waals surface area contributed by atoms with Crippen LogP contribution in [0.2, 0.25) is 0 Å². The summed E-state index contributed by atoms with van der Waals surface area (Å²) in [5, 5.41) is 10.0. The molecule has 8 nitrogen and oxygen atoms in total. The molecule has 0 bridgehead atoms. The first-order valence-electron chi connectivity index (χ1n) is 8.31. The first-order valence-corrected chi connectivity index (χ1v) is 10.2. The number of ether oxygens (including phenoxy) is 4. The Morgan fingerprint density at radius 3 is 2.15 bits per heavy atom. The molecule has 1 aromatic rings. The second kappa shape index (κ2) is 9.85. The number of hydrogen-bond donors (Lipinski definition) is 1. The number of carbonyl (C=O) groups is 3. The van der Waals surface area contributed by atoms with Crippen LogP contribution in [-0.2, 0) is 33.3 Å². The average Bonchev–Trinajstić information content (AvgIpc) is 2.59. The van der Waals surface area contributed by atoms with Crippen molar-refractivity contribution < 1.29 is 38.4 Å². The Bertz CT molecular complexity index is 665. The zero-order chi connectivity index (χ0) is 20.0. The Morgan fingerprint density at radius 2 is 1.59 bits per heavy atom. The van der Waals surface area contributed by atoms with E-state index in [1.807, 2.05) is 30.3 Å². The van der Waals surface area contributed by atoms with Crippen molar-refractivity contribution in [2.45, 2.75) is 50.2 Å². The molecule has 0 unspecified atom stereocenters. The Balaban J connectivity index is 2.27. The van der Waals surface area contributed by atoms with Crippen molar-refractivity contribution in [3.63, 3.8) is 0 Å². The number of hydrogen-bond acceptors (Lipinski definition) is 8. The van der Waals surface area contributed by atoms with Gasteiger partial charge >= 0.3 is 163 Å². The van der Waals surface area contributed by atoms with Gasteiger partial charge in [0.25, 0.3) is 0 Å². The van der Waals surface area contributed by atoms with E-state index in [-0.39, 0.29) is 21.6 Å². The van der Waals surface area contributed by atoms with Gasteiger partial charge in [0.1, 0.15) is 0 Å². The van der Waals surface area contributed by atoms with Crippen LogP contribution >= 0.6 is 0 Å². The fraction of sp³-hybridized carbons (Fsp3) is 0.500. The van der Waals surface area contributed by atoms with Gasteiger partial charge in [-0.25, -0.2) is 0 Å². The summed E-state index contributed by atoms with van der Waals surface area (Å²) >= 11 is -0.325. The average molecular weight is 445 g/mol. The van der Waals surface area contributed by atoms with Gasteiger partial charge in [-0.3, -0.25) is 0 Å². The summed E-state index contributed by atoms with van der Waals surface area (Å²) in [7, 11) is 0. The standard InChI is InChI=1S/C18H22O8Se/c1-10(19)23-9-14-16(24-11(2)20)17(25-12(3)21)15(22)18(26-14)27-13-7-5-4-6-8-13/h4-8,14-18,22H,9H2,1-3H3/t14-,15-,16-,17-,18+/m1/s1. The van der Waals surface area contributed by atoms with Crippen LogP contribution in [0.3, 0.4) is 0 Å². The second-order valence-electron chi connectivity index (χ2n) is 5.92. The molecule has 5 atom stereocenters. The van der Waals surface area contributed by atoms with Crippen LogP contribution in [-0.4, -0.2) is 74.0 Å². The summed E-state index contributed by atoms with van der Waals surface area (Å²) in [6, 6.07) is 9.41. The molecule has 0 amide bonds. The van der Waals surface area contributed by atoms with Crippen LogP contribution in [0.1, 0.15) is 20.8 Å². The first-order chi connectivity index (χ1) is 12.8. The molecule has 1 aliphatic rings. The van der Waals surface area contributed by atoms with Crippen molar-refractivity contribution in [1.82, 2.24) is 0 Å². The predicted octanol–water partition coefficient (Wildman–Crippen LogP) is -0.472. The molecule has 1 N–H and O–H groups in total. The number of carbonyl (C=O) groups excluding carboxylic acids is 3. The number of benzene rings is 1. The van der Waals surface area contributed by atoms with Gasteiger partial charge in [-0.15, -0.1) is 0 Å². The molecule has 1 aromatic carbocycles. The third-order valence-corrected chi connectivity index (χ3v) is 6.11. The summed E-state index contributed by atoms with van der Waals surface area (Å²) < 4.78 is 22.4. The van der Waals surface area contributed by atoms with Crippen molar-refractivity contribution in [1.29, 1.82) is 0 Å². The van der Waals surface area contributed by atoms with Gasteiger partial charge in [-0.05, 0) is 0 Å². The predicted molar refractivity (Wildman–Crippen MR) is 94.2 cm³/mol. The van der Waals surface area contributed by atoms with E-state index in [0.717, 1.165) is 4.46 Å². The van der Waals surface area contributed by atoms with E-state index in [4.69, 9.17) is 18.9 Å². The maximum absolute atomic E-state index is 11.5. The van der Waals surface area contributed by atoms with E-state index in [1.165, 1.54) is 20.8 Å². The van der Waals surface area contributed by atoms with E-state index in [1.54, 1.807) is 0 Å². The van der Waals surface area contributed by atoms with Crippen LogP contribution in [0.5, 0.6) is 0 Å². The van der Waals surface area contributed by atoms with Gasteiger partial charge in [0.2, 0.25) is 0 Å². The van der Waals surface area contributed by atoms with Crippen LogP contribution in [0.15, 0.2) is 30.3 Å². The van der Waals surface area contributed by atoms with E-state index in [2.05, 4.69) is 0 Å². The maximum atomic E-state index is 11.5. The number of esters is 3. The van der Waals surface area contributed by atoms with Crippen LogP contribution in [0, 0.1) is 0 Å². The van der Waals surface area contributed by atoms with Crippen LogP contribution in [0.4, 0.5) is 0 Å². The molecule has 1 heterocycles. The van der Waals surface area contributed by atoms with Gasteiger partial charge in [0.15, 0.2) is 0 Å². The normalized spacial score (nSPS) is 27.5. The molecule has 1 fully saturated rings. The van der Waals surface area contributed by atoms with Gasteiger partial charge in [0, 0.05) is 0 Å². The SMILES string of the molecule is CC(=O)OC[C@H]1O[C@@H]([Se]c2ccccc2)[C@H](O)[C@@H](OC(C)=O)[C@@H]1OC(C)=O.